The highest BCUT2D eigenvalue weighted by atomic mass is 79.9. The summed E-state index contributed by atoms with van der Waals surface area (Å²) in [4.78, 5) is 0. The smallest absolute Gasteiger partial charge is 0.134 e. The number of benzene rings is 1. The van der Waals surface area contributed by atoms with Crippen molar-refractivity contribution in [1.29, 1.82) is 0 Å². The van der Waals surface area contributed by atoms with Crippen LogP contribution in [0.1, 0.15) is 5.56 Å². The molecule has 13 heavy (non-hydrogen) atoms. The van der Waals surface area contributed by atoms with Crippen molar-refractivity contribution in [3.63, 3.8) is 0 Å². The molecular weight excluding hydrogens is 230 g/mol. The van der Waals surface area contributed by atoms with E-state index in [-0.39, 0.29) is 0 Å². The third kappa shape index (κ3) is 2.76. The molecule has 2 N–H and O–H groups in total. The molecule has 0 fully saturated rings. The lowest BCUT2D eigenvalue weighted by Gasteiger charge is -2.02. The van der Waals surface area contributed by atoms with E-state index >= 15 is 0 Å². The van der Waals surface area contributed by atoms with Crippen molar-refractivity contribution in [2.24, 2.45) is 5.73 Å². The highest BCUT2D eigenvalue weighted by Gasteiger charge is 1.98. The number of rotatable bonds is 1. The molecule has 0 bridgehead atoms. The van der Waals surface area contributed by atoms with Crippen LogP contribution in [0.25, 0.3) is 0 Å². The summed E-state index contributed by atoms with van der Waals surface area (Å²) in [5.41, 5.74) is 6.17. The molecule has 0 spiro atoms. The fourth-order valence-electron chi connectivity index (χ4n) is 0.891. The highest BCUT2D eigenvalue weighted by molar-refractivity contribution is 9.10. The Kier molecular flexibility index (Phi) is 3.81. The van der Waals surface area contributed by atoms with Crippen LogP contribution < -0.4 is 10.5 Å². The Hall–Kier alpha value is -0.980. The largest absolute Gasteiger partial charge is 0.496 e. The van der Waals surface area contributed by atoms with Gasteiger partial charge < -0.3 is 10.5 Å². The molecule has 1 aromatic carbocycles. The summed E-state index contributed by atoms with van der Waals surface area (Å²) in [6, 6.07) is 5.68. The summed E-state index contributed by atoms with van der Waals surface area (Å²) in [6.07, 6.45) is 0. The minimum Gasteiger partial charge on any atom is -0.496 e. The van der Waals surface area contributed by atoms with Gasteiger partial charge in [-0.3, -0.25) is 0 Å². The van der Waals surface area contributed by atoms with Crippen LogP contribution in [0.5, 0.6) is 5.75 Å². The standard InChI is InChI=1S/C10H10BrNO/c1-13-10-7-8(3-2-6-12)4-5-9(10)11/h4-5,7H,6,12H2,1H3. The average molecular weight is 240 g/mol. The molecule has 0 aromatic heterocycles. The van der Waals surface area contributed by atoms with Gasteiger partial charge in [0.1, 0.15) is 5.75 Å². The molecule has 0 unspecified atom stereocenters. The number of methoxy groups -OCH3 is 1. The van der Waals surface area contributed by atoms with Gasteiger partial charge in [-0.2, -0.15) is 0 Å². The van der Waals surface area contributed by atoms with E-state index in [2.05, 4.69) is 27.8 Å². The van der Waals surface area contributed by atoms with Crippen LogP contribution in [-0.4, -0.2) is 13.7 Å². The molecule has 1 rings (SSSR count). The zero-order valence-corrected chi connectivity index (χ0v) is 8.89. The number of halogens is 1. The van der Waals surface area contributed by atoms with E-state index in [1.165, 1.54) is 0 Å². The molecule has 0 heterocycles. The molecule has 0 atom stereocenters. The summed E-state index contributed by atoms with van der Waals surface area (Å²) in [6.45, 7) is 0.373. The van der Waals surface area contributed by atoms with E-state index in [1.54, 1.807) is 7.11 Å². The van der Waals surface area contributed by atoms with E-state index < -0.39 is 0 Å². The van der Waals surface area contributed by atoms with Crippen molar-refractivity contribution in [1.82, 2.24) is 0 Å². The van der Waals surface area contributed by atoms with Gasteiger partial charge in [0.25, 0.3) is 0 Å². The summed E-state index contributed by atoms with van der Waals surface area (Å²) >= 11 is 3.36. The summed E-state index contributed by atoms with van der Waals surface area (Å²) in [5.74, 6) is 6.49. The monoisotopic (exact) mass is 239 g/mol. The summed E-state index contributed by atoms with van der Waals surface area (Å²) in [7, 11) is 1.63. The number of ether oxygens (including phenoxy) is 1. The first-order valence-corrected chi connectivity index (χ1v) is 4.59. The predicted octanol–water partition coefficient (Wildman–Crippen LogP) is 1.77. The Labute approximate surface area is 86.2 Å². The lowest BCUT2D eigenvalue weighted by atomic mass is 10.2. The summed E-state index contributed by atoms with van der Waals surface area (Å²) < 4.78 is 6.04. The molecule has 0 aliphatic rings. The molecule has 2 nitrogen and oxygen atoms in total. The fourth-order valence-corrected chi connectivity index (χ4v) is 1.30. The van der Waals surface area contributed by atoms with E-state index in [0.717, 1.165) is 15.8 Å². The topological polar surface area (TPSA) is 35.2 Å². The number of nitrogens with two attached hydrogens (primary N) is 1. The number of hydrogen-bond acceptors (Lipinski definition) is 2. The van der Waals surface area contributed by atoms with Gasteiger partial charge in [-0.1, -0.05) is 11.8 Å². The van der Waals surface area contributed by atoms with Crippen LogP contribution in [0.3, 0.4) is 0 Å². The predicted molar refractivity (Wildman–Crippen MR) is 56.6 cm³/mol. The Morgan fingerprint density at radius 3 is 2.92 bits per heavy atom. The van der Waals surface area contributed by atoms with E-state index in [9.17, 15) is 0 Å². The third-order valence-electron chi connectivity index (χ3n) is 1.49. The van der Waals surface area contributed by atoms with Gasteiger partial charge in [0, 0.05) is 5.56 Å². The third-order valence-corrected chi connectivity index (χ3v) is 2.14. The van der Waals surface area contributed by atoms with Crippen molar-refractivity contribution < 1.29 is 4.74 Å². The van der Waals surface area contributed by atoms with Gasteiger partial charge in [0.15, 0.2) is 0 Å². The Morgan fingerprint density at radius 2 is 2.31 bits per heavy atom. The fraction of sp³-hybridized carbons (Fsp3) is 0.200. The Morgan fingerprint density at radius 1 is 1.54 bits per heavy atom. The van der Waals surface area contributed by atoms with Crippen LogP contribution in [-0.2, 0) is 0 Å². The quantitative estimate of drug-likeness (QED) is 0.759. The molecule has 0 saturated carbocycles. The normalized spacial score (nSPS) is 8.85. The molecule has 0 radical (unpaired) electrons. The van der Waals surface area contributed by atoms with Crippen LogP contribution >= 0.6 is 15.9 Å². The first-order valence-electron chi connectivity index (χ1n) is 3.80. The molecule has 0 saturated heterocycles. The second kappa shape index (κ2) is 4.90. The zero-order chi connectivity index (χ0) is 9.68. The van der Waals surface area contributed by atoms with Crippen molar-refractivity contribution >= 4 is 15.9 Å². The Balaban J connectivity index is 2.99. The van der Waals surface area contributed by atoms with Crippen molar-refractivity contribution in [3.05, 3.63) is 28.2 Å². The Bertz CT molecular complexity index is 352. The maximum absolute atomic E-state index is 5.26. The van der Waals surface area contributed by atoms with Gasteiger partial charge in [0.05, 0.1) is 18.1 Å². The van der Waals surface area contributed by atoms with Gasteiger partial charge in [-0.15, -0.1) is 0 Å². The first kappa shape index (κ1) is 10.1. The molecule has 0 amide bonds. The minimum atomic E-state index is 0.373. The van der Waals surface area contributed by atoms with E-state index in [1.807, 2.05) is 18.2 Å². The van der Waals surface area contributed by atoms with Gasteiger partial charge in [-0.05, 0) is 34.1 Å². The van der Waals surface area contributed by atoms with Crippen molar-refractivity contribution in [2.75, 3.05) is 13.7 Å². The lowest BCUT2D eigenvalue weighted by Crippen LogP contribution is -1.93. The van der Waals surface area contributed by atoms with Gasteiger partial charge in [-0.25, -0.2) is 0 Å². The molecule has 1 aromatic rings. The maximum atomic E-state index is 5.26. The van der Waals surface area contributed by atoms with Gasteiger partial charge in [0.2, 0.25) is 0 Å². The maximum Gasteiger partial charge on any atom is 0.134 e. The van der Waals surface area contributed by atoms with Crippen LogP contribution in [0.2, 0.25) is 0 Å². The van der Waals surface area contributed by atoms with Crippen LogP contribution in [0.4, 0.5) is 0 Å². The van der Waals surface area contributed by atoms with Crippen molar-refractivity contribution in [2.45, 2.75) is 0 Å². The lowest BCUT2D eigenvalue weighted by molar-refractivity contribution is 0.412. The molecule has 3 heteroatoms. The molecule has 0 aliphatic heterocycles. The van der Waals surface area contributed by atoms with Crippen molar-refractivity contribution in [3.8, 4) is 17.6 Å². The van der Waals surface area contributed by atoms with E-state index in [4.69, 9.17) is 10.5 Å². The average Bonchev–Trinajstić information content (AvgIpc) is 2.16. The molecular formula is C10H10BrNO. The second-order valence-corrected chi connectivity index (χ2v) is 3.21. The first-order chi connectivity index (χ1) is 6.27. The van der Waals surface area contributed by atoms with E-state index in [0.29, 0.717) is 6.54 Å². The van der Waals surface area contributed by atoms with Crippen LogP contribution in [0.15, 0.2) is 22.7 Å². The minimum absolute atomic E-state index is 0.373. The second-order valence-electron chi connectivity index (χ2n) is 2.36. The molecule has 0 aliphatic carbocycles. The van der Waals surface area contributed by atoms with Gasteiger partial charge >= 0.3 is 0 Å². The SMILES string of the molecule is COc1cc(C#CCN)ccc1Br. The molecule has 68 valence electrons. The zero-order valence-electron chi connectivity index (χ0n) is 7.30. The summed E-state index contributed by atoms with van der Waals surface area (Å²) in [5, 5.41) is 0. The highest BCUT2D eigenvalue weighted by Crippen LogP contribution is 2.24. The number of hydrogen-bond donors (Lipinski definition) is 1. The van der Waals surface area contributed by atoms with Crippen LogP contribution in [0, 0.1) is 11.8 Å².